The maximum absolute atomic E-state index is 13.8. The smallest absolute Gasteiger partial charge is 0.459 e. The maximum atomic E-state index is 13.8. The predicted octanol–water partition coefficient (Wildman–Crippen LogP) is 4.40. The van der Waals surface area contributed by atoms with Crippen molar-refractivity contribution in [2.75, 3.05) is 13.2 Å². The molecule has 1 saturated heterocycles. The summed E-state index contributed by atoms with van der Waals surface area (Å²) in [7, 11) is -4.05. The summed E-state index contributed by atoms with van der Waals surface area (Å²) in [4.78, 5) is 38.6. The number of esters is 1. The minimum atomic E-state index is -4.05. The predicted molar refractivity (Wildman–Crippen MR) is 147 cm³/mol. The highest BCUT2D eigenvalue weighted by molar-refractivity contribution is 7.52. The van der Waals surface area contributed by atoms with E-state index in [9.17, 15) is 18.9 Å². The van der Waals surface area contributed by atoms with E-state index in [1.54, 1.807) is 37.3 Å². The molecule has 12 heteroatoms. The first kappa shape index (κ1) is 30.8. The molecule has 216 valence electrons. The molecule has 1 unspecified atom stereocenters. The number of aromatic amines is 1. The van der Waals surface area contributed by atoms with Gasteiger partial charge in [-0.15, -0.1) is 0 Å². The summed E-state index contributed by atoms with van der Waals surface area (Å²) in [5.41, 5.74) is -1.07. The second kappa shape index (κ2) is 14.6. The standard InChI is InChI=1S/C27H40N3O8P/c1-5-10-21(11-6-2)17-35-26(32)20(4)29-39(34,38-22-12-8-7-9-13-22)36-18-23-16-19(3)25(37-23)30-15-14-24(31)28-27(30)33/h7-9,12-15,19-21,23,25H,5-6,10-11,16-18H2,1-4H3,(H,29,34)(H,28,31,33)/t19-,20-,23-,25+,39?/m0/s1. The number of nitrogens with zero attached hydrogens (tertiary/aromatic N) is 1. The van der Waals surface area contributed by atoms with E-state index in [2.05, 4.69) is 23.9 Å². The van der Waals surface area contributed by atoms with Crippen LogP contribution in [0.25, 0.3) is 0 Å². The fraction of sp³-hybridized carbons (Fsp3) is 0.593. The van der Waals surface area contributed by atoms with E-state index in [0.29, 0.717) is 18.8 Å². The van der Waals surface area contributed by atoms with E-state index in [4.69, 9.17) is 18.5 Å². The number of carbonyl (C=O) groups is 1. The zero-order chi connectivity index (χ0) is 28.4. The van der Waals surface area contributed by atoms with Crippen LogP contribution in [0.15, 0.2) is 52.2 Å². The third kappa shape index (κ3) is 9.17. The zero-order valence-electron chi connectivity index (χ0n) is 23.0. The van der Waals surface area contributed by atoms with Gasteiger partial charge >= 0.3 is 19.4 Å². The summed E-state index contributed by atoms with van der Waals surface area (Å²) >= 11 is 0. The minimum Gasteiger partial charge on any atom is -0.464 e. The first-order valence-electron chi connectivity index (χ1n) is 13.5. The highest BCUT2D eigenvalue weighted by Gasteiger charge is 2.38. The molecular formula is C27H40N3O8P. The number of rotatable bonds is 15. The van der Waals surface area contributed by atoms with Crippen LogP contribution in [-0.4, -0.2) is 40.9 Å². The van der Waals surface area contributed by atoms with Crippen molar-refractivity contribution in [2.45, 2.75) is 78.2 Å². The molecule has 3 rings (SSSR count). The number of hydrogen-bond donors (Lipinski definition) is 2. The van der Waals surface area contributed by atoms with Crippen molar-refractivity contribution < 1.29 is 27.9 Å². The molecule has 0 aliphatic carbocycles. The Labute approximate surface area is 228 Å². The molecule has 0 amide bonds. The van der Waals surface area contributed by atoms with E-state index >= 15 is 0 Å². The summed E-state index contributed by atoms with van der Waals surface area (Å²) in [5.74, 6) is -0.0453. The van der Waals surface area contributed by atoms with Crippen LogP contribution in [0.5, 0.6) is 5.75 Å². The molecule has 1 aromatic carbocycles. The van der Waals surface area contributed by atoms with Crippen molar-refractivity contribution in [3.63, 3.8) is 0 Å². The number of aromatic nitrogens is 2. The third-order valence-electron chi connectivity index (χ3n) is 6.54. The van der Waals surface area contributed by atoms with Gasteiger partial charge in [0, 0.05) is 18.2 Å². The van der Waals surface area contributed by atoms with Crippen LogP contribution in [0.2, 0.25) is 0 Å². The van der Waals surface area contributed by atoms with Crippen LogP contribution in [0.1, 0.15) is 66.0 Å². The fourth-order valence-corrected chi connectivity index (χ4v) is 6.15. The Morgan fingerprint density at radius 2 is 1.87 bits per heavy atom. The Hall–Kier alpha value is -2.72. The van der Waals surface area contributed by atoms with E-state index < -0.39 is 43.3 Å². The van der Waals surface area contributed by atoms with E-state index in [0.717, 1.165) is 25.7 Å². The van der Waals surface area contributed by atoms with Crippen molar-refractivity contribution in [1.82, 2.24) is 14.6 Å². The van der Waals surface area contributed by atoms with Gasteiger partial charge in [-0.3, -0.25) is 23.7 Å². The fourth-order valence-electron chi connectivity index (χ4n) is 4.63. The van der Waals surface area contributed by atoms with Crippen LogP contribution in [-0.2, 0) is 23.4 Å². The first-order chi connectivity index (χ1) is 18.6. The number of H-pyrrole nitrogens is 1. The van der Waals surface area contributed by atoms with Crippen molar-refractivity contribution in [2.24, 2.45) is 11.8 Å². The van der Waals surface area contributed by atoms with Crippen LogP contribution in [0, 0.1) is 11.8 Å². The van der Waals surface area contributed by atoms with Gasteiger partial charge in [-0.05, 0) is 44.2 Å². The molecule has 11 nitrogen and oxygen atoms in total. The van der Waals surface area contributed by atoms with Gasteiger partial charge < -0.3 is 14.0 Å². The second-order valence-electron chi connectivity index (χ2n) is 10.0. The molecule has 0 spiro atoms. The largest absolute Gasteiger partial charge is 0.464 e. The van der Waals surface area contributed by atoms with Gasteiger partial charge in [0.15, 0.2) is 0 Å². The number of para-hydroxylation sites is 1. The van der Waals surface area contributed by atoms with Gasteiger partial charge in [0.05, 0.1) is 19.3 Å². The van der Waals surface area contributed by atoms with Gasteiger partial charge in [0.2, 0.25) is 0 Å². The maximum Gasteiger partial charge on any atom is 0.459 e. The molecule has 1 aromatic heterocycles. The minimum absolute atomic E-state index is 0.0855. The lowest BCUT2D eigenvalue weighted by Gasteiger charge is -2.24. The normalized spacial score (nSPS) is 21.4. The molecule has 1 aliphatic rings. The average Bonchev–Trinajstić information content (AvgIpc) is 3.26. The lowest BCUT2D eigenvalue weighted by Crippen LogP contribution is -2.36. The van der Waals surface area contributed by atoms with Gasteiger partial charge in [0.25, 0.3) is 5.56 Å². The molecule has 2 aromatic rings. The lowest BCUT2D eigenvalue weighted by atomic mass is 9.99. The SMILES string of the molecule is CCCC(CCC)COC(=O)[C@H](C)NP(=O)(OC[C@@H]1C[C@H](C)[C@H](n2ccc(=O)[nH]c2=O)O1)Oc1ccccc1. The Kier molecular flexibility index (Phi) is 11.5. The third-order valence-corrected chi connectivity index (χ3v) is 8.18. The molecular weight excluding hydrogens is 525 g/mol. The molecule has 1 aliphatic heterocycles. The number of nitrogens with one attached hydrogen (secondary N) is 2. The monoisotopic (exact) mass is 565 g/mol. The highest BCUT2D eigenvalue weighted by Crippen LogP contribution is 2.46. The Balaban J connectivity index is 1.66. The molecule has 5 atom stereocenters. The molecule has 0 bridgehead atoms. The van der Waals surface area contributed by atoms with E-state index in [1.165, 1.54) is 16.8 Å². The van der Waals surface area contributed by atoms with Crippen molar-refractivity contribution >= 4 is 13.7 Å². The summed E-state index contributed by atoms with van der Waals surface area (Å²) in [5, 5.41) is 2.71. The molecule has 2 N–H and O–H groups in total. The van der Waals surface area contributed by atoms with Crippen molar-refractivity contribution in [3.05, 3.63) is 63.4 Å². The number of benzene rings is 1. The first-order valence-corrected chi connectivity index (χ1v) is 15.1. The van der Waals surface area contributed by atoms with Crippen LogP contribution in [0.3, 0.4) is 0 Å². The average molecular weight is 566 g/mol. The number of carbonyl (C=O) groups excluding carboxylic acids is 1. The van der Waals surface area contributed by atoms with E-state index in [-0.39, 0.29) is 18.4 Å². The Bertz CT molecular complexity index is 1210. The van der Waals surface area contributed by atoms with Gasteiger partial charge in [-0.1, -0.05) is 51.8 Å². The highest BCUT2D eigenvalue weighted by atomic mass is 31.2. The number of hydrogen-bond acceptors (Lipinski definition) is 8. The summed E-state index contributed by atoms with van der Waals surface area (Å²) < 4.78 is 38.1. The zero-order valence-corrected chi connectivity index (χ0v) is 23.9. The van der Waals surface area contributed by atoms with E-state index in [1.807, 2.05) is 6.92 Å². The molecule has 39 heavy (non-hydrogen) atoms. The molecule has 0 saturated carbocycles. The summed E-state index contributed by atoms with van der Waals surface area (Å²) in [6.07, 6.45) is 4.70. The molecule has 0 radical (unpaired) electrons. The van der Waals surface area contributed by atoms with Crippen molar-refractivity contribution in [1.29, 1.82) is 0 Å². The van der Waals surface area contributed by atoms with Crippen molar-refractivity contribution in [3.8, 4) is 5.75 Å². The Morgan fingerprint density at radius 1 is 1.18 bits per heavy atom. The Morgan fingerprint density at radius 3 is 2.51 bits per heavy atom. The lowest BCUT2D eigenvalue weighted by molar-refractivity contribution is -0.146. The quantitative estimate of drug-likeness (QED) is 0.238. The van der Waals surface area contributed by atoms with Gasteiger partial charge in [-0.25, -0.2) is 9.36 Å². The van der Waals surface area contributed by atoms with Crippen LogP contribution < -0.4 is 20.9 Å². The van der Waals surface area contributed by atoms with Gasteiger partial charge in [-0.2, -0.15) is 5.09 Å². The van der Waals surface area contributed by atoms with Crippen LogP contribution in [0.4, 0.5) is 0 Å². The topological polar surface area (TPSA) is 138 Å². The van der Waals surface area contributed by atoms with Crippen LogP contribution >= 0.6 is 7.75 Å². The molecule has 1 fully saturated rings. The summed E-state index contributed by atoms with van der Waals surface area (Å²) in [6, 6.07) is 8.81. The summed E-state index contributed by atoms with van der Waals surface area (Å²) in [6.45, 7) is 7.83. The molecule has 2 heterocycles. The second-order valence-corrected chi connectivity index (χ2v) is 11.7. The number of ether oxygens (including phenoxy) is 2. The van der Waals surface area contributed by atoms with Gasteiger partial charge in [0.1, 0.15) is 18.0 Å².